The van der Waals surface area contributed by atoms with E-state index in [0.717, 1.165) is 30.8 Å². The largest absolute Gasteiger partial charge is 0.453 e. The molecule has 0 heterocycles. The molecule has 0 spiro atoms. The van der Waals surface area contributed by atoms with Crippen molar-refractivity contribution in [2.45, 2.75) is 31.9 Å². The Morgan fingerprint density at radius 1 is 1.26 bits per heavy atom. The predicted molar refractivity (Wildman–Crippen MR) is 74.5 cm³/mol. The van der Waals surface area contributed by atoms with Gasteiger partial charge in [0.1, 0.15) is 0 Å². The normalized spacial score (nSPS) is 21.4. The molecule has 1 amide bonds. The van der Waals surface area contributed by atoms with E-state index in [4.69, 9.17) is 4.74 Å². The number of anilines is 2. The van der Waals surface area contributed by atoms with E-state index in [1.807, 2.05) is 31.2 Å². The van der Waals surface area contributed by atoms with Gasteiger partial charge in [-0.2, -0.15) is 0 Å². The molecule has 19 heavy (non-hydrogen) atoms. The van der Waals surface area contributed by atoms with Crippen molar-refractivity contribution in [3.05, 3.63) is 24.3 Å². The van der Waals surface area contributed by atoms with Gasteiger partial charge in [-0.15, -0.1) is 0 Å². The molecular formula is C14H20N2O3. The van der Waals surface area contributed by atoms with Gasteiger partial charge in [0.15, 0.2) is 0 Å². The lowest BCUT2D eigenvalue weighted by Crippen LogP contribution is -2.40. The average molecular weight is 264 g/mol. The van der Waals surface area contributed by atoms with Gasteiger partial charge in [0.05, 0.1) is 13.2 Å². The highest BCUT2D eigenvalue weighted by atomic mass is 16.5. The number of nitrogens with one attached hydrogen (secondary N) is 2. The van der Waals surface area contributed by atoms with Gasteiger partial charge in [-0.3, -0.25) is 5.32 Å². The molecule has 2 rings (SSSR count). The number of methoxy groups -OCH3 is 1. The van der Waals surface area contributed by atoms with Gasteiger partial charge in [-0.05, 0) is 44.0 Å². The first-order chi connectivity index (χ1) is 9.21. The van der Waals surface area contributed by atoms with Crippen LogP contribution in [-0.2, 0) is 9.47 Å². The molecule has 1 aliphatic carbocycles. The van der Waals surface area contributed by atoms with Gasteiger partial charge in [0, 0.05) is 24.0 Å². The first kappa shape index (κ1) is 13.7. The summed E-state index contributed by atoms with van der Waals surface area (Å²) in [4.78, 5) is 11.0. The zero-order valence-corrected chi connectivity index (χ0v) is 11.3. The lowest BCUT2D eigenvalue weighted by molar-refractivity contribution is 0.00299. The Bertz CT molecular complexity index is 413. The molecule has 0 unspecified atom stereocenters. The van der Waals surface area contributed by atoms with E-state index >= 15 is 0 Å². The molecule has 1 fully saturated rings. The van der Waals surface area contributed by atoms with Gasteiger partial charge in [-0.1, -0.05) is 0 Å². The molecule has 0 atom stereocenters. The van der Waals surface area contributed by atoms with E-state index in [0.29, 0.717) is 12.1 Å². The average Bonchev–Trinajstić information content (AvgIpc) is 2.38. The van der Waals surface area contributed by atoms with Gasteiger partial charge in [0.2, 0.25) is 0 Å². The van der Waals surface area contributed by atoms with Crippen molar-refractivity contribution in [2.75, 3.05) is 24.4 Å². The Hall–Kier alpha value is -1.75. The topological polar surface area (TPSA) is 59.6 Å². The third kappa shape index (κ3) is 3.86. The second kappa shape index (κ2) is 6.43. The van der Waals surface area contributed by atoms with Crippen LogP contribution >= 0.6 is 0 Å². The SMILES string of the molecule is CCOC1CC(Nc2ccc(NC(=O)OC)cc2)C1. The molecule has 1 aromatic carbocycles. The van der Waals surface area contributed by atoms with Crippen LogP contribution in [0.4, 0.5) is 16.2 Å². The van der Waals surface area contributed by atoms with E-state index < -0.39 is 6.09 Å². The number of ether oxygens (including phenoxy) is 2. The highest BCUT2D eigenvalue weighted by Gasteiger charge is 2.29. The van der Waals surface area contributed by atoms with Crippen LogP contribution in [0.5, 0.6) is 0 Å². The van der Waals surface area contributed by atoms with Crippen molar-refractivity contribution in [2.24, 2.45) is 0 Å². The molecule has 1 saturated carbocycles. The molecule has 1 aromatic rings. The van der Waals surface area contributed by atoms with Crippen molar-refractivity contribution in [3.63, 3.8) is 0 Å². The molecule has 5 heteroatoms. The zero-order chi connectivity index (χ0) is 13.7. The molecule has 5 nitrogen and oxygen atoms in total. The fraction of sp³-hybridized carbons (Fsp3) is 0.500. The molecule has 0 aromatic heterocycles. The van der Waals surface area contributed by atoms with E-state index in [-0.39, 0.29) is 0 Å². The highest BCUT2D eigenvalue weighted by molar-refractivity contribution is 5.84. The molecular weight excluding hydrogens is 244 g/mol. The van der Waals surface area contributed by atoms with Gasteiger partial charge >= 0.3 is 6.09 Å². The maximum atomic E-state index is 11.0. The van der Waals surface area contributed by atoms with Crippen LogP contribution in [0.15, 0.2) is 24.3 Å². The molecule has 0 bridgehead atoms. The summed E-state index contributed by atoms with van der Waals surface area (Å²) >= 11 is 0. The van der Waals surface area contributed by atoms with Crippen LogP contribution in [0.1, 0.15) is 19.8 Å². The number of amides is 1. The van der Waals surface area contributed by atoms with Crippen LogP contribution in [-0.4, -0.2) is 32.0 Å². The van der Waals surface area contributed by atoms with Crippen molar-refractivity contribution in [1.29, 1.82) is 0 Å². The van der Waals surface area contributed by atoms with E-state index in [2.05, 4.69) is 15.4 Å². The highest BCUT2D eigenvalue weighted by Crippen LogP contribution is 2.27. The molecule has 1 aliphatic rings. The second-order valence-electron chi connectivity index (χ2n) is 4.58. The smallest absolute Gasteiger partial charge is 0.411 e. The fourth-order valence-corrected chi connectivity index (χ4v) is 2.11. The number of carbonyl (C=O) groups excluding carboxylic acids is 1. The van der Waals surface area contributed by atoms with E-state index in [9.17, 15) is 4.79 Å². The fourth-order valence-electron chi connectivity index (χ4n) is 2.11. The summed E-state index contributed by atoms with van der Waals surface area (Å²) in [5.41, 5.74) is 1.77. The minimum Gasteiger partial charge on any atom is -0.453 e. The lowest BCUT2D eigenvalue weighted by Gasteiger charge is -2.36. The first-order valence-electron chi connectivity index (χ1n) is 6.54. The number of rotatable bonds is 5. The van der Waals surface area contributed by atoms with Crippen LogP contribution in [0.3, 0.4) is 0 Å². The van der Waals surface area contributed by atoms with Crippen molar-refractivity contribution in [3.8, 4) is 0 Å². The predicted octanol–water partition coefficient (Wildman–Crippen LogP) is 2.84. The van der Waals surface area contributed by atoms with Crippen LogP contribution < -0.4 is 10.6 Å². The second-order valence-corrected chi connectivity index (χ2v) is 4.58. The van der Waals surface area contributed by atoms with Crippen molar-refractivity contribution < 1.29 is 14.3 Å². The Balaban J connectivity index is 1.78. The molecule has 0 radical (unpaired) electrons. The maximum Gasteiger partial charge on any atom is 0.411 e. The van der Waals surface area contributed by atoms with E-state index in [1.165, 1.54) is 7.11 Å². The van der Waals surface area contributed by atoms with Crippen LogP contribution in [0.2, 0.25) is 0 Å². The quantitative estimate of drug-likeness (QED) is 0.858. The summed E-state index contributed by atoms with van der Waals surface area (Å²) in [6.07, 6.45) is 2.05. The van der Waals surface area contributed by atoms with Gasteiger partial charge in [-0.25, -0.2) is 4.79 Å². The summed E-state index contributed by atoms with van der Waals surface area (Å²) < 4.78 is 10.1. The van der Waals surface area contributed by atoms with E-state index in [1.54, 1.807) is 0 Å². The Labute approximate surface area is 113 Å². The number of carbonyl (C=O) groups is 1. The summed E-state index contributed by atoms with van der Waals surface area (Å²) in [6, 6.07) is 8.06. The maximum absolute atomic E-state index is 11.0. The Morgan fingerprint density at radius 2 is 1.89 bits per heavy atom. The minimum atomic E-state index is -0.459. The molecule has 0 saturated heterocycles. The summed E-state index contributed by atoms with van der Waals surface area (Å²) in [6.45, 7) is 2.80. The number of benzene rings is 1. The third-order valence-corrected chi connectivity index (χ3v) is 3.18. The summed E-state index contributed by atoms with van der Waals surface area (Å²) in [5, 5.41) is 6.05. The standard InChI is InChI=1S/C14H20N2O3/c1-3-19-13-8-12(9-13)15-10-4-6-11(7-5-10)16-14(17)18-2/h4-7,12-13,15H,3,8-9H2,1-2H3,(H,16,17). The van der Waals surface area contributed by atoms with Gasteiger partial charge < -0.3 is 14.8 Å². The Kier molecular flexibility index (Phi) is 4.63. The summed E-state index contributed by atoms with van der Waals surface area (Å²) in [5.74, 6) is 0. The minimum absolute atomic E-state index is 0.405. The molecule has 2 N–H and O–H groups in total. The Morgan fingerprint density at radius 3 is 2.47 bits per heavy atom. The van der Waals surface area contributed by atoms with Crippen LogP contribution in [0, 0.1) is 0 Å². The zero-order valence-electron chi connectivity index (χ0n) is 11.3. The first-order valence-corrected chi connectivity index (χ1v) is 6.54. The summed E-state index contributed by atoms with van der Waals surface area (Å²) in [7, 11) is 1.34. The molecule has 104 valence electrons. The van der Waals surface area contributed by atoms with Crippen molar-refractivity contribution in [1.82, 2.24) is 0 Å². The third-order valence-electron chi connectivity index (χ3n) is 3.18. The van der Waals surface area contributed by atoms with Crippen LogP contribution in [0.25, 0.3) is 0 Å². The number of hydrogen-bond acceptors (Lipinski definition) is 4. The number of hydrogen-bond donors (Lipinski definition) is 2. The lowest BCUT2D eigenvalue weighted by atomic mass is 9.89. The van der Waals surface area contributed by atoms with Gasteiger partial charge in [0.25, 0.3) is 0 Å². The monoisotopic (exact) mass is 264 g/mol. The van der Waals surface area contributed by atoms with Crippen molar-refractivity contribution >= 4 is 17.5 Å². The molecule has 0 aliphatic heterocycles.